The summed E-state index contributed by atoms with van der Waals surface area (Å²) in [5.74, 6) is -0.237. The number of carbonyl (C=O) groups is 1. The number of nitrogens with one attached hydrogen (secondary N) is 1. The van der Waals surface area contributed by atoms with Gasteiger partial charge in [0.1, 0.15) is 0 Å². The van der Waals surface area contributed by atoms with Crippen LogP contribution in [-0.4, -0.2) is 12.6 Å². The molecule has 1 aromatic heterocycles. The Morgan fingerprint density at radius 1 is 1.24 bits per heavy atom. The minimum absolute atomic E-state index is 0.237. The first-order valence-corrected chi connectivity index (χ1v) is 7.89. The van der Waals surface area contributed by atoms with Crippen molar-refractivity contribution in [3.63, 3.8) is 0 Å². The van der Waals surface area contributed by atoms with Crippen LogP contribution in [0.25, 0.3) is 0 Å². The van der Waals surface area contributed by atoms with E-state index in [4.69, 9.17) is 4.74 Å². The molecule has 3 nitrogen and oxygen atoms in total. The molecule has 0 spiro atoms. The predicted octanol–water partition coefficient (Wildman–Crippen LogP) is 4.39. The van der Waals surface area contributed by atoms with Crippen molar-refractivity contribution in [1.82, 2.24) is 0 Å². The zero-order valence-electron chi connectivity index (χ0n) is 12.9. The van der Waals surface area contributed by atoms with Gasteiger partial charge in [-0.2, -0.15) is 0 Å². The van der Waals surface area contributed by atoms with Gasteiger partial charge in [0.2, 0.25) is 0 Å². The van der Waals surface area contributed by atoms with Crippen LogP contribution in [0.3, 0.4) is 0 Å². The highest BCUT2D eigenvalue weighted by molar-refractivity contribution is 7.12. The number of anilines is 1. The molecule has 0 saturated heterocycles. The van der Waals surface area contributed by atoms with Gasteiger partial charge >= 0.3 is 5.97 Å². The standard InChI is InChI=1S/C17H21NO2S/c1-5-20-17(19)16(15-10-12(3)21-13(15)4)18-14-8-6-11(2)7-9-14/h6-10,16,18H,5H2,1-4H3. The van der Waals surface area contributed by atoms with Gasteiger partial charge in [0.05, 0.1) is 6.61 Å². The number of hydrogen-bond acceptors (Lipinski definition) is 4. The fourth-order valence-corrected chi connectivity index (χ4v) is 3.21. The van der Waals surface area contributed by atoms with Gasteiger partial charge in [-0.3, -0.25) is 0 Å². The molecule has 112 valence electrons. The SMILES string of the molecule is CCOC(=O)C(Nc1ccc(C)cc1)c1cc(C)sc1C. The highest BCUT2D eigenvalue weighted by Gasteiger charge is 2.24. The number of aryl methyl sites for hydroxylation is 3. The molecule has 1 aromatic carbocycles. The van der Waals surface area contributed by atoms with Gasteiger partial charge in [-0.15, -0.1) is 11.3 Å². The third-order valence-corrected chi connectivity index (χ3v) is 4.26. The maximum atomic E-state index is 12.3. The van der Waals surface area contributed by atoms with E-state index < -0.39 is 6.04 Å². The molecule has 0 radical (unpaired) electrons. The number of esters is 1. The summed E-state index contributed by atoms with van der Waals surface area (Å²) in [6, 6.07) is 9.61. The first-order valence-electron chi connectivity index (χ1n) is 7.08. The normalized spacial score (nSPS) is 12.0. The van der Waals surface area contributed by atoms with E-state index in [1.54, 1.807) is 11.3 Å². The Balaban J connectivity index is 2.30. The van der Waals surface area contributed by atoms with Crippen LogP contribution in [0, 0.1) is 20.8 Å². The third kappa shape index (κ3) is 3.85. The maximum absolute atomic E-state index is 12.3. The zero-order valence-corrected chi connectivity index (χ0v) is 13.7. The molecule has 0 aliphatic heterocycles. The van der Waals surface area contributed by atoms with Crippen LogP contribution in [0.2, 0.25) is 0 Å². The molecule has 1 heterocycles. The van der Waals surface area contributed by atoms with Crippen molar-refractivity contribution in [2.45, 2.75) is 33.7 Å². The summed E-state index contributed by atoms with van der Waals surface area (Å²) in [4.78, 5) is 14.6. The smallest absolute Gasteiger partial charge is 0.333 e. The molecule has 4 heteroatoms. The third-order valence-electron chi connectivity index (χ3n) is 3.28. The molecular formula is C17H21NO2S. The highest BCUT2D eigenvalue weighted by atomic mass is 32.1. The highest BCUT2D eigenvalue weighted by Crippen LogP contribution is 2.30. The van der Waals surface area contributed by atoms with E-state index in [-0.39, 0.29) is 5.97 Å². The molecule has 0 aliphatic carbocycles. The minimum Gasteiger partial charge on any atom is -0.464 e. The summed E-state index contributed by atoms with van der Waals surface area (Å²) in [6.45, 7) is 8.34. The Labute approximate surface area is 130 Å². The Hall–Kier alpha value is -1.81. The van der Waals surface area contributed by atoms with Gasteiger partial charge in [0, 0.05) is 15.4 Å². The number of hydrogen-bond donors (Lipinski definition) is 1. The van der Waals surface area contributed by atoms with Gasteiger partial charge in [-0.05, 0) is 51.5 Å². The molecular weight excluding hydrogens is 282 g/mol. The summed E-state index contributed by atoms with van der Waals surface area (Å²) in [6.07, 6.45) is 0. The number of benzene rings is 1. The molecule has 2 aromatic rings. The Morgan fingerprint density at radius 2 is 1.90 bits per heavy atom. The molecule has 21 heavy (non-hydrogen) atoms. The largest absolute Gasteiger partial charge is 0.464 e. The van der Waals surface area contributed by atoms with Crippen molar-refractivity contribution < 1.29 is 9.53 Å². The van der Waals surface area contributed by atoms with Crippen LogP contribution in [0.1, 0.15) is 33.8 Å². The second kappa shape index (κ2) is 6.76. The second-order valence-electron chi connectivity index (χ2n) is 5.06. The van der Waals surface area contributed by atoms with Crippen molar-refractivity contribution >= 4 is 23.0 Å². The van der Waals surface area contributed by atoms with Crippen molar-refractivity contribution in [3.05, 3.63) is 51.2 Å². The lowest BCUT2D eigenvalue weighted by Gasteiger charge is -2.18. The summed E-state index contributed by atoms with van der Waals surface area (Å²) >= 11 is 1.70. The van der Waals surface area contributed by atoms with Crippen molar-refractivity contribution in [1.29, 1.82) is 0 Å². The molecule has 0 amide bonds. The van der Waals surface area contributed by atoms with Crippen molar-refractivity contribution in [2.24, 2.45) is 0 Å². The van der Waals surface area contributed by atoms with Crippen LogP contribution >= 0.6 is 11.3 Å². The first kappa shape index (κ1) is 15.6. The van der Waals surface area contributed by atoms with Gasteiger partial charge < -0.3 is 10.1 Å². The molecule has 0 bridgehead atoms. The molecule has 1 N–H and O–H groups in total. The Morgan fingerprint density at radius 3 is 2.43 bits per heavy atom. The predicted molar refractivity (Wildman–Crippen MR) is 88.0 cm³/mol. The van der Waals surface area contributed by atoms with Crippen molar-refractivity contribution in [2.75, 3.05) is 11.9 Å². The number of ether oxygens (including phenoxy) is 1. The van der Waals surface area contributed by atoms with Crippen LogP contribution in [-0.2, 0) is 9.53 Å². The fraction of sp³-hybridized carbons (Fsp3) is 0.353. The zero-order chi connectivity index (χ0) is 15.4. The maximum Gasteiger partial charge on any atom is 0.333 e. The van der Waals surface area contributed by atoms with Gasteiger partial charge in [-0.1, -0.05) is 17.7 Å². The van der Waals surface area contributed by atoms with E-state index in [0.29, 0.717) is 6.61 Å². The lowest BCUT2D eigenvalue weighted by atomic mass is 10.1. The Kier molecular flexibility index (Phi) is 5.02. The number of rotatable bonds is 5. The topological polar surface area (TPSA) is 38.3 Å². The average Bonchev–Trinajstić information content (AvgIpc) is 2.77. The molecule has 0 fully saturated rings. The van der Waals surface area contributed by atoms with E-state index in [0.717, 1.165) is 16.1 Å². The van der Waals surface area contributed by atoms with E-state index in [1.807, 2.05) is 45.0 Å². The van der Waals surface area contributed by atoms with E-state index >= 15 is 0 Å². The number of thiophene rings is 1. The lowest BCUT2D eigenvalue weighted by molar-refractivity contribution is -0.144. The van der Waals surface area contributed by atoms with Gasteiger partial charge in [0.25, 0.3) is 0 Å². The van der Waals surface area contributed by atoms with Crippen LogP contribution in [0.15, 0.2) is 30.3 Å². The van der Waals surface area contributed by atoms with Crippen LogP contribution in [0.5, 0.6) is 0 Å². The minimum atomic E-state index is -0.461. The number of carbonyl (C=O) groups excluding carboxylic acids is 1. The monoisotopic (exact) mass is 303 g/mol. The van der Waals surface area contributed by atoms with Crippen LogP contribution < -0.4 is 5.32 Å². The lowest BCUT2D eigenvalue weighted by Crippen LogP contribution is -2.23. The van der Waals surface area contributed by atoms with E-state index in [1.165, 1.54) is 10.4 Å². The molecule has 1 unspecified atom stereocenters. The van der Waals surface area contributed by atoms with Crippen molar-refractivity contribution in [3.8, 4) is 0 Å². The molecule has 1 atom stereocenters. The van der Waals surface area contributed by atoms with Gasteiger partial charge in [-0.25, -0.2) is 4.79 Å². The summed E-state index contributed by atoms with van der Waals surface area (Å²) in [7, 11) is 0. The summed E-state index contributed by atoms with van der Waals surface area (Å²) < 4.78 is 5.22. The second-order valence-corrected chi connectivity index (χ2v) is 6.52. The summed E-state index contributed by atoms with van der Waals surface area (Å²) in [5.41, 5.74) is 3.11. The molecule has 2 rings (SSSR count). The van der Waals surface area contributed by atoms with E-state index in [9.17, 15) is 4.79 Å². The molecule has 0 saturated carbocycles. The van der Waals surface area contributed by atoms with E-state index in [2.05, 4.69) is 18.3 Å². The quantitative estimate of drug-likeness (QED) is 0.833. The van der Waals surface area contributed by atoms with Crippen LogP contribution in [0.4, 0.5) is 5.69 Å². The molecule has 0 aliphatic rings. The average molecular weight is 303 g/mol. The Bertz CT molecular complexity index is 616. The fourth-order valence-electron chi connectivity index (χ4n) is 2.24. The van der Waals surface area contributed by atoms with Gasteiger partial charge in [0.15, 0.2) is 6.04 Å². The summed E-state index contributed by atoms with van der Waals surface area (Å²) in [5, 5.41) is 3.29. The first-order chi connectivity index (χ1) is 10.0.